The molecule has 0 radical (unpaired) electrons. The summed E-state index contributed by atoms with van der Waals surface area (Å²) in [7, 11) is 0. The van der Waals surface area contributed by atoms with Gasteiger partial charge in [-0.25, -0.2) is 0 Å². The summed E-state index contributed by atoms with van der Waals surface area (Å²) in [5.41, 5.74) is -4.89. The molecule has 0 saturated carbocycles. The normalized spacial score (nSPS) is 21.7. The summed E-state index contributed by atoms with van der Waals surface area (Å²) >= 11 is 0. The largest absolute Gasteiger partial charge is 0.438 e. The van der Waals surface area contributed by atoms with Crippen molar-refractivity contribution in [2.75, 3.05) is 0 Å². The van der Waals surface area contributed by atoms with Crippen LogP contribution in [0.4, 0.5) is 18.9 Å². The van der Waals surface area contributed by atoms with Crippen LogP contribution in [-0.2, 0) is 0 Å². The van der Waals surface area contributed by atoms with Crippen molar-refractivity contribution in [2.45, 2.75) is 25.2 Å². The van der Waals surface area contributed by atoms with E-state index < -0.39 is 40.4 Å². The molecule has 0 bridgehead atoms. The number of alkyl halides is 3. The fraction of sp³-hybridized carbons (Fsp3) is 0.333. The Labute approximate surface area is 121 Å². The summed E-state index contributed by atoms with van der Waals surface area (Å²) in [4.78, 5) is 22.2. The Morgan fingerprint density at radius 3 is 2.59 bits per heavy atom. The topological polar surface area (TPSA) is 96.0 Å². The van der Waals surface area contributed by atoms with Crippen LogP contribution in [0.15, 0.2) is 29.4 Å². The average Bonchev–Trinajstić information content (AvgIpc) is 2.74. The van der Waals surface area contributed by atoms with E-state index in [4.69, 9.17) is 0 Å². The number of benzene rings is 1. The molecule has 118 valence electrons. The molecule has 7 nitrogen and oxygen atoms in total. The number of hydrazone groups is 1. The van der Waals surface area contributed by atoms with Gasteiger partial charge in [-0.2, -0.15) is 23.3 Å². The maximum Gasteiger partial charge on any atom is 0.438 e. The lowest BCUT2D eigenvalue weighted by Gasteiger charge is -2.32. The first kappa shape index (κ1) is 15.9. The molecule has 10 heteroatoms. The number of hydrogen-bond donors (Lipinski definition) is 1. The highest BCUT2D eigenvalue weighted by Gasteiger charge is 2.63. The monoisotopic (exact) mass is 317 g/mol. The molecule has 1 aromatic carbocycles. The molecule has 0 fully saturated rings. The summed E-state index contributed by atoms with van der Waals surface area (Å²) in [5.74, 6) is -1.40. The predicted octanol–water partition coefficient (Wildman–Crippen LogP) is 2.07. The van der Waals surface area contributed by atoms with Gasteiger partial charge in [-0.05, 0) is 13.0 Å². The molecular weight excluding hydrogens is 307 g/mol. The van der Waals surface area contributed by atoms with Crippen LogP contribution in [0.3, 0.4) is 0 Å². The molecule has 0 aromatic heterocycles. The molecule has 1 amide bonds. The molecule has 1 aromatic rings. The number of hydrogen-bond acceptors (Lipinski definition) is 5. The van der Waals surface area contributed by atoms with Crippen LogP contribution in [0.5, 0.6) is 0 Å². The summed E-state index contributed by atoms with van der Waals surface area (Å²) < 4.78 is 39.2. The van der Waals surface area contributed by atoms with E-state index in [1.807, 2.05) is 0 Å². The average molecular weight is 317 g/mol. The van der Waals surface area contributed by atoms with Crippen LogP contribution < -0.4 is 0 Å². The number of nitro groups is 1. The third-order valence-electron chi connectivity index (χ3n) is 3.10. The molecule has 0 saturated heterocycles. The minimum atomic E-state index is -5.16. The maximum atomic E-state index is 13.1. The second-order valence-electron chi connectivity index (χ2n) is 4.72. The van der Waals surface area contributed by atoms with E-state index in [2.05, 4.69) is 5.10 Å². The lowest BCUT2D eigenvalue weighted by Crippen LogP contribution is -2.56. The number of amides is 1. The SMILES string of the molecule is CC1=NN(C(=O)c2ccccc2[N+](=O)[O-])C(O)(C(F)(F)F)C1. The van der Waals surface area contributed by atoms with Gasteiger partial charge < -0.3 is 5.11 Å². The van der Waals surface area contributed by atoms with Gasteiger partial charge in [0.2, 0.25) is 0 Å². The Bertz CT molecular complexity index is 674. The van der Waals surface area contributed by atoms with Gasteiger partial charge in [0.1, 0.15) is 5.56 Å². The fourth-order valence-electron chi connectivity index (χ4n) is 2.08. The zero-order valence-electron chi connectivity index (χ0n) is 11.2. The van der Waals surface area contributed by atoms with E-state index in [9.17, 15) is 33.2 Å². The molecule has 1 atom stereocenters. The van der Waals surface area contributed by atoms with Crippen molar-refractivity contribution < 1.29 is 28.0 Å². The van der Waals surface area contributed by atoms with Gasteiger partial charge in [0.25, 0.3) is 17.3 Å². The fourth-order valence-corrected chi connectivity index (χ4v) is 2.08. The van der Waals surface area contributed by atoms with Gasteiger partial charge in [-0.3, -0.25) is 14.9 Å². The van der Waals surface area contributed by atoms with Crippen molar-refractivity contribution in [1.82, 2.24) is 5.01 Å². The molecule has 0 spiro atoms. The van der Waals surface area contributed by atoms with Gasteiger partial charge in [-0.1, -0.05) is 12.1 Å². The van der Waals surface area contributed by atoms with Gasteiger partial charge >= 0.3 is 6.18 Å². The highest BCUT2D eigenvalue weighted by atomic mass is 19.4. The van der Waals surface area contributed by atoms with Crippen molar-refractivity contribution in [3.05, 3.63) is 39.9 Å². The number of rotatable bonds is 2. The summed E-state index contributed by atoms with van der Waals surface area (Å²) in [6.45, 7) is 1.21. The third kappa shape index (κ3) is 2.41. The molecule has 1 N–H and O–H groups in total. The molecule has 0 aliphatic carbocycles. The minimum Gasteiger partial charge on any atom is -0.362 e. The number of halogens is 3. The molecule has 1 unspecified atom stereocenters. The number of carbonyl (C=O) groups excluding carboxylic acids is 1. The Balaban J connectivity index is 2.51. The highest BCUT2D eigenvalue weighted by molar-refractivity contribution is 6.00. The van der Waals surface area contributed by atoms with E-state index in [1.165, 1.54) is 19.1 Å². The molecule has 1 heterocycles. The summed E-state index contributed by atoms with van der Waals surface area (Å²) in [6.07, 6.45) is -6.07. The maximum absolute atomic E-state index is 13.1. The van der Waals surface area contributed by atoms with Crippen LogP contribution >= 0.6 is 0 Å². The lowest BCUT2D eigenvalue weighted by molar-refractivity contribution is -0.385. The molecular formula is C12H10F3N3O4. The second-order valence-corrected chi connectivity index (χ2v) is 4.72. The van der Waals surface area contributed by atoms with Gasteiger partial charge in [0.05, 0.1) is 4.92 Å². The summed E-state index contributed by atoms with van der Waals surface area (Å²) in [5, 5.41) is 23.9. The summed E-state index contributed by atoms with van der Waals surface area (Å²) in [6, 6.07) is 4.51. The van der Waals surface area contributed by atoms with E-state index in [0.29, 0.717) is 0 Å². The van der Waals surface area contributed by atoms with Gasteiger partial charge in [0.15, 0.2) is 0 Å². The van der Waals surface area contributed by atoms with Crippen molar-refractivity contribution in [1.29, 1.82) is 0 Å². The number of aliphatic hydroxyl groups is 1. The molecule has 22 heavy (non-hydrogen) atoms. The number of nitro benzene ring substituents is 1. The van der Waals surface area contributed by atoms with Crippen molar-refractivity contribution in [3.63, 3.8) is 0 Å². The van der Waals surface area contributed by atoms with E-state index in [-0.39, 0.29) is 10.7 Å². The van der Waals surface area contributed by atoms with Crippen LogP contribution in [0.2, 0.25) is 0 Å². The zero-order chi connectivity index (χ0) is 16.7. The lowest BCUT2D eigenvalue weighted by atomic mass is 10.1. The Morgan fingerprint density at radius 2 is 2.05 bits per heavy atom. The standard InChI is InChI=1S/C12H10F3N3O4/c1-7-6-11(20,12(13,14)15)17(16-7)10(19)8-4-2-3-5-9(8)18(21)22/h2-5,20H,6H2,1H3. The van der Waals surface area contributed by atoms with Crippen LogP contribution in [0, 0.1) is 10.1 Å². The van der Waals surface area contributed by atoms with Crippen molar-refractivity contribution in [3.8, 4) is 0 Å². The Hall–Kier alpha value is -2.49. The van der Waals surface area contributed by atoms with Crippen LogP contribution in [0.1, 0.15) is 23.7 Å². The third-order valence-corrected chi connectivity index (χ3v) is 3.10. The zero-order valence-corrected chi connectivity index (χ0v) is 11.2. The van der Waals surface area contributed by atoms with Crippen molar-refractivity contribution >= 4 is 17.3 Å². The van der Waals surface area contributed by atoms with E-state index >= 15 is 0 Å². The van der Waals surface area contributed by atoms with E-state index in [1.54, 1.807) is 0 Å². The van der Waals surface area contributed by atoms with Crippen LogP contribution in [0.25, 0.3) is 0 Å². The van der Waals surface area contributed by atoms with Crippen molar-refractivity contribution in [2.24, 2.45) is 5.10 Å². The molecule has 2 rings (SSSR count). The second kappa shape index (κ2) is 5.05. The quantitative estimate of drug-likeness (QED) is 0.667. The Morgan fingerprint density at radius 1 is 1.45 bits per heavy atom. The van der Waals surface area contributed by atoms with Gasteiger partial charge in [-0.15, -0.1) is 0 Å². The molecule has 1 aliphatic heterocycles. The first-order valence-corrected chi connectivity index (χ1v) is 5.99. The number of nitrogens with zero attached hydrogens (tertiary/aromatic N) is 3. The highest BCUT2D eigenvalue weighted by Crippen LogP contribution is 2.41. The predicted molar refractivity (Wildman–Crippen MR) is 68.0 cm³/mol. The number of carbonyl (C=O) groups is 1. The van der Waals surface area contributed by atoms with Gasteiger partial charge in [0, 0.05) is 18.2 Å². The van der Waals surface area contributed by atoms with Crippen LogP contribution in [-0.4, -0.2) is 38.6 Å². The minimum absolute atomic E-state index is 0.119. The number of para-hydroxylation sites is 1. The first-order valence-electron chi connectivity index (χ1n) is 5.99. The molecule has 1 aliphatic rings. The Kier molecular flexibility index (Phi) is 3.65. The van der Waals surface area contributed by atoms with E-state index in [0.717, 1.165) is 12.1 Å². The smallest absolute Gasteiger partial charge is 0.362 e. The first-order chi connectivity index (χ1) is 10.1.